The van der Waals surface area contributed by atoms with E-state index >= 15 is 0 Å². The molecule has 0 aliphatic rings. The first kappa shape index (κ1) is 14.0. The summed E-state index contributed by atoms with van der Waals surface area (Å²) in [5.74, 6) is 0. The molecule has 1 aromatic heterocycles. The average molecular weight is 274 g/mol. The summed E-state index contributed by atoms with van der Waals surface area (Å²) in [5, 5.41) is 18.2. The van der Waals surface area contributed by atoms with Gasteiger partial charge in [-0.15, -0.1) is 0 Å². The summed E-state index contributed by atoms with van der Waals surface area (Å²) in [4.78, 5) is 10.3. The van der Waals surface area contributed by atoms with E-state index in [1.807, 2.05) is 24.0 Å². The third kappa shape index (κ3) is 3.34. The molecule has 2 rings (SSSR count). The van der Waals surface area contributed by atoms with Crippen molar-refractivity contribution in [3.05, 3.63) is 51.8 Å². The van der Waals surface area contributed by atoms with Crippen LogP contribution in [0.15, 0.2) is 30.6 Å². The van der Waals surface area contributed by atoms with Gasteiger partial charge in [-0.1, -0.05) is 6.92 Å². The number of hydrogen-bond acceptors (Lipinski definition) is 4. The Labute approximate surface area is 117 Å². The van der Waals surface area contributed by atoms with Crippen molar-refractivity contribution in [3.63, 3.8) is 0 Å². The highest BCUT2D eigenvalue weighted by molar-refractivity contribution is 5.55. The molecule has 0 unspecified atom stereocenters. The summed E-state index contributed by atoms with van der Waals surface area (Å²) in [5.41, 5.74) is 2.97. The van der Waals surface area contributed by atoms with E-state index in [-0.39, 0.29) is 10.6 Å². The van der Waals surface area contributed by atoms with Crippen LogP contribution in [0.4, 0.5) is 11.4 Å². The summed E-state index contributed by atoms with van der Waals surface area (Å²) in [7, 11) is 0. The van der Waals surface area contributed by atoms with Crippen LogP contribution in [0.3, 0.4) is 0 Å². The Hall–Kier alpha value is -2.37. The number of nitrogens with one attached hydrogen (secondary N) is 1. The van der Waals surface area contributed by atoms with E-state index in [9.17, 15) is 10.1 Å². The molecular weight excluding hydrogens is 256 g/mol. The molecule has 0 amide bonds. The van der Waals surface area contributed by atoms with Crippen LogP contribution < -0.4 is 5.32 Å². The first-order valence-corrected chi connectivity index (χ1v) is 6.60. The highest BCUT2D eigenvalue weighted by Crippen LogP contribution is 2.21. The highest BCUT2D eigenvalue weighted by Gasteiger charge is 2.08. The minimum atomic E-state index is -0.383. The average Bonchev–Trinajstić information content (AvgIpc) is 2.85. The van der Waals surface area contributed by atoms with Gasteiger partial charge in [0.25, 0.3) is 5.69 Å². The fourth-order valence-electron chi connectivity index (χ4n) is 2.01. The van der Waals surface area contributed by atoms with Crippen LogP contribution in [0, 0.1) is 17.0 Å². The van der Waals surface area contributed by atoms with Gasteiger partial charge in [-0.2, -0.15) is 5.10 Å². The molecule has 0 spiro atoms. The number of non-ortho nitro benzene ring substituents is 1. The maximum atomic E-state index is 10.7. The number of nitro benzene ring substituents is 1. The van der Waals surface area contributed by atoms with E-state index < -0.39 is 0 Å². The Bertz CT molecular complexity index is 607. The van der Waals surface area contributed by atoms with E-state index in [0.717, 1.165) is 29.8 Å². The number of nitrogens with zero attached hydrogens (tertiary/aromatic N) is 3. The molecule has 1 aromatic carbocycles. The SMILES string of the molecule is CCCn1cc(CNc2ccc([N+](=O)[O-])cc2C)cn1. The first-order valence-electron chi connectivity index (χ1n) is 6.60. The van der Waals surface area contributed by atoms with Crippen molar-refractivity contribution >= 4 is 11.4 Å². The Balaban J connectivity index is 2.01. The molecular formula is C14H18N4O2. The van der Waals surface area contributed by atoms with Gasteiger partial charge in [0.2, 0.25) is 0 Å². The smallest absolute Gasteiger partial charge is 0.269 e. The predicted octanol–water partition coefficient (Wildman–Crippen LogP) is 3.12. The molecule has 6 nitrogen and oxygen atoms in total. The third-order valence-corrected chi connectivity index (χ3v) is 3.04. The lowest BCUT2D eigenvalue weighted by Crippen LogP contribution is -2.01. The molecule has 0 saturated heterocycles. The van der Waals surface area contributed by atoms with Crippen LogP contribution in [-0.4, -0.2) is 14.7 Å². The first-order chi connectivity index (χ1) is 9.60. The summed E-state index contributed by atoms with van der Waals surface area (Å²) >= 11 is 0. The lowest BCUT2D eigenvalue weighted by molar-refractivity contribution is -0.384. The minimum Gasteiger partial charge on any atom is -0.381 e. The number of aromatic nitrogens is 2. The molecule has 1 heterocycles. The summed E-state index contributed by atoms with van der Waals surface area (Å²) in [6, 6.07) is 4.82. The van der Waals surface area contributed by atoms with E-state index in [0.29, 0.717) is 6.54 Å². The lowest BCUT2D eigenvalue weighted by atomic mass is 10.1. The number of benzene rings is 1. The van der Waals surface area contributed by atoms with Crippen LogP contribution in [0.1, 0.15) is 24.5 Å². The molecule has 6 heteroatoms. The number of aryl methyl sites for hydroxylation is 2. The van der Waals surface area contributed by atoms with Gasteiger partial charge < -0.3 is 5.32 Å². The molecule has 0 aliphatic heterocycles. The number of nitro groups is 1. The molecule has 0 bridgehead atoms. The van der Waals surface area contributed by atoms with Crippen molar-refractivity contribution in [2.24, 2.45) is 0 Å². The second kappa shape index (κ2) is 6.18. The number of anilines is 1. The summed E-state index contributed by atoms with van der Waals surface area (Å²) in [6.07, 6.45) is 4.90. The second-order valence-electron chi connectivity index (χ2n) is 4.72. The van der Waals surface area contributed by atoms with Gasteiger partial charge in [-0.05, 0) is 25.0 Å². The van der Waals surface area contributed by atoms with Gasteiger partial charge in [-0.25, -0.2) is 0 Å². The normalized spacial score (nSPS) is 10.5. The second-order valence-corrected chi connectivity index (χ2v) is 4.72. The number of hydrogen-bond donors (Lipinski definition) is 1. The molecule has 0 aliphatic carbocycles. The van der Waals surface area contributed by atoms with Crippen LogP contribution in [0.25, 0.3) is 0 Å². The Morgan fingerprint density at radius 1 is 1.45 bits per heavy atom. The zero-order chi connectivity index (χ0) is 14.5. The van der Waals surface area contributed by atoms with E-state index in [4.69, 9.17) is 0 Å². The van der Waals surface area contributed by atoms with Gasteiger partial charge in [0.05, 0.1) is 11.1 Å². The topological polar surface area (TPSA) is 73.0 Å². The molecule has 0 fully saturated rings. The zero-order valence-corrected chi connectivity index (χ0v) is 11.7. The summed E-state index contributed by atoms with van der Waals surface area (Å²) in [6.45, 7) is 5.54. The Morgan fingerprint density at radius 3 is 2.90 bits per heavy atom. The lowest BCUT2D eigenvalue weighted by Gasteiger charge is -2.08. The van der Waals surface area contributed by atoms with E-state index in [2.05, 4.69) is 17.3 Å². The molecule has 0 saturated carbocycles. The van der Waals surface area contributed by atoms with Gasteiger partial charge in [-0.3, -0.25) is 14.8 Å². The van der Waals surface area contributed by atoms with Gasteiger partial charge in [0, 0.05) is 42.7 Å². The van der Waals surface area contributed by atoms with Crippen LogP contribution in [-0.2, 0) is 13.1 Å². The van der Waals surface area contributed by atoms with Gasteiger partial charge in [0.15, 0.2) is 0 Å². The largest absolute Gasteiger partial charge is 0.381 e. The van der Waals surface area contributed by atoms with Crippen molar-refractivity contribution < 1.29 is 4.92 Å². The molecule has 0 atom stereocenters. The fraction of sp³-hybridized carbons (Fsp3) is 0.357. The standard InChI is InChI=1S/C14H18N4O2/c1-3-6-17-10-12(9-16-17)8-15-14-5-4-13(18(19)20)7-11(14)2/h4-5,7,9-10,15H,3,6,8H2,1-2H3. The maximum absolute atomic E-state index is 10.7. The maximum Gasteiger partial charge on any atom is 0.269 e. The van der Waals surface area contributed by atoms with Crippen molar-refractivity contribution in [3.8, 4) is 0 Å². The molecule has 0 radical (unpaired) electrons. The molecule has 2 aromatic rings. The van der Waals surface area contributed by atoms with Crippen LogP contribution >= 0.6 is 0 Å². The minimum absolute atomic E-state index is 0.115. The van der Waals surface area contributed by atoms with Gasteiger partial charge >= 0.3 is 0 Å². The Morgan fingerprint density at radius 2 is 2.25 bits per heavy atom. The van der Waals surface area contributed by atoms with Crippen molar-refractivity contribution in [1.29, 1.82) is 0 Å². The zero-order valence-electron chi connectivity index (χ0n) is 11.7. The van der Waals surface area contributed by atoms with Crippen molar-refractivity contribution in [2.45, 2.75) is 33.4 Å². The van der Waals surface area contributed by atoms with E-state index in [1.165, 1.54) is 6.07 Å². The molecule has 20 heavy (non-hydrogen) atoms. The van der Waals surface area contributed by atoms with Crippen molar-refractivity contribution in [1.82, 2.24) is 9.78 Å². The van der Waals surface area contributed by atoms with Gasteiger partial charge in [0.1, 0.15) is 0 Å². The van der Waals surface area contributed by atoms with Crippen molar-refractivity contribution in [2.75, 3.05) is 5.32 Å². The quantitative estimate of drug-likeness (QED) is 0.648. The Kier molecular flexibility index (Phi) is 4.34. The number of rotatable bonds is 6. The third-order valence-electron chi connectivity index (χ3n) is 3.04. The fourth-order valence-corrected chi connectivity index (χ4v) is 2.01. The molecule has 106 valence electrons. The predicted molar refractivity (Wildman–Crippen MR) is 77.7 cm³/mol. The molecule has 1 N–H and O–H groups in total. The van der Waals surface area contributed by atoms with E-state index in [1.54, 1.807) is 12.1 Å². The summed E-state index contributed by atoms with van der Waals surface area (Å²) < 4.78 is 1.92. The highest BCUT2D eigenvalue weighted by atomic mass is 16.6. The monoisotopic (exact) mass is 274 g/mol. The van der Waals surface area contributed by atoms with Crippen LogP contribution in [0.2, 0.25) is 0 Å². The van der Waals surface area contributed by atoms with Crippen LogP contribution in [0.5, 0.6) is 0 Å².